The first-order chi connectivity index (χ1) is 13.5. The molecular weight excluding hydrogens is 388 g/mol. The maximum Gasteiger partial charge on any atom is 0.253 e. The first kappa shape index (κ1) is 20.5. The van der Waals surface area contributed by atoms with Gasteiger partial charge in [0.05, 0.1) is 24.0 Å². The zero-order valence-electron chi connectivity index (χ0n) is 15.4. The summed E-state index contributed by atoms with van der Waals surface area (Å²) in [5, 5.41) is -0.0908. The zero-order valence-corrected chi connectivity index (χ0v) is 16.2. The average molecular weight is 410 g/mol. The van der Waals surface area contributed by atoms with Crippen LogP contribution >= 0.6 is 11.6 Å². The highest BCUT2D eigenvalue weighted by molar-refractivity contribution is 6.31. The minimum Gasteiger partial charge on any atom is -0.490 e. The largest absolute Gasteiger partial charge is 0.490 e. The molecule has 3 rings (SSSR count). The number of aromatic nitrogens is 2. The first-order valence-corrected chi connectivity index (χ1v) is 9.66. The smallest absolute Gasteiger partial charge is 0.253 e. The van der Waals surface area contributed by atoms with Crippen LogP contribution < -0.4 is 4.74 Å². The van der Waals surface area contributed by atoms with Crippen molar-refractivity contribution in [3.63, 3.8) is 0 Å². The molecular formula is C20H22ClF2N3O2. The Bertz CT molecular complexity index is 799. The minimum absolute atomic E-state index is 0.0908. The van der Waals surface area contributed by atoms with Crippen molar-refractivity contribution >= 4 is 17.5 Å². The van der Waals surface area contributed by atoms with E-state index < -0.39 is 11.5 Å². The third-order valence-corrected chi connectivity index (χ3v) is 5.23. The van der Waals surface area contributed by atoms with Gasteiger partial charge in [-0.05, 0) is 50.3 Å². The normalized spacial score (nSPS) is 16.0. The molecule has 2 heterocycles. The maximum absolute atomic E-state index is 15.0. The molecule has 0 saturated carbocycles. The molecule has 5 nitrogen and oxygen atoms in total. The van der Waals surface area contributed by atoms with Crippen LogP contribution in [0.4, 0.5) is 8.78 Å². The topological polar surface area (TPSA) is 55.3 Å². The summed E-state index contributed by atoms with van der Waals surface area (Å²) in [6.45, 7) is 1.16. The fourth-order valence-corrected chi connectivity index (χ4v) is 3.45. The summed E-state index contributed by atoms with van der Waals surface area (Å²) < 4.78 is 33.8. The van der Waals surface area contributed by atoms with Crippen LogP contribution in [0.1, 0.15) is 42.5 Å². The van der Waals surface area contributed by atoms with E-state index >= 15 is 4.39 Å². The Balaban J connectivity index is 1.40. The highest BCUT2D eigenvalue weighted by atomic mass is 35.5. The number of hydrogen-bond acceptors (Lipinski definition) is 4. The molecule has 0 atom stereocenters. The molecule has 0 spiro atoms. The van der Waals surface area contributed by atoms with Crippen LogP contribution in [-0.4, -0.2) is 46.1 Å². The average Bonchev–Trinajstić information content (AvgIpc) is 2.71. The standard InChI is InChI=1S/C20H22ClF2N3O2/c21-17-11-15(3-4-18(17)22)19(27)26-8-6-20(23,7-9-26)5-1-2-10-28-16-12-24-14-25-13-16/h3-4,11-14H,1-2,5-10H2. The van der Waals surface area contributed by atoms with Gasteiger partial charge in [0.15, 0.2) is 5.75 Å². The highest BCUT2D eigenvalue weighted by Crippen LogP contribution is 2.32. The van der Waals surface area contributed by atoms with E-state index in [4.69, 9.17) is 16.3 Å². The summed E-state index contributed by atoms with van der Waals surface area (Å²) in [6.07, 6.45) is 7.06. The Morgan fingerprint density at radius 2 is 1.93 bits per heavy atom. The molecule has 0 aliphatic carbocycles. The number of piperidine rings is 1. The fraction of sp³-hybridized carbons (Fsp3) is 0.450. The van der Waals surface area contributed by atoms with E-state index in [1.807, 2.05) is 0 Å². The van der Waals surface area contributed by atoms with Crippen molar-refractivity contribution < 1.29 is 18.3 Å². The van der Waals surface area contributed by atoms with Gasteiger partial charge in [0, 0.05) is 18.7 Å². The lowest BCUT2D eigenvalue weighted by molar-refractivity contribution is 0.0382. The Kier molecular flexibility index (Phi) is 6.78. The number of halogens is 3. The van der Waals surface area contributed by atoms with Crippen molar-refractivity contribution in [3.05, 3.63) is 53.3 Å². The number of amides is 1. The second kappa shape index (κ2) is 9.28. The number of ether oxygens (including phenoxy) is 1. The lowest BCUT2D eigenvalue weighted by atomic mass is 9.88. The van der Waals surface area contributed by atoms with Crippen LogP contribution in [0.25, 0.3) is 0 Å². The second-order valence-corrected chi connectivity index (χ2v) is 7.36. The Hall–Kier alpha value is -2.28. The van der Waals surface area contributed by atoms with Gasteiger partial charge in [-0.15, -0.1) is 0 Å². The van der Waals surface area contributed by atoms with Gasteiger partial charge in [-0.25, -0.2) is 18.7 Å². The summed E-state index contributed by atoms with van der Waals surface area (Å²) in [5.74, 6) is -0.212. The maximum atomic E-state index is 15.0. The van der Waals surface area contributed by atoms with Crippen molar-refractivity contribution in [3.8, 4) is 5.75 Å². The monoisotopic (exact) mass is 409 g/mol. The number of rotatable bonds is 7. The number of carbonyl (C=O) groups excluding carboxylic acids is 1. The Morgan fingerprint density at radius 3 is 2.61 bits per heavy atom. The molecule has 8 heteroatoms. The molecule has 1 aliphatic heterocycles. The number of nitrogens with zero attached hydrogens (tertiary/aromatic N) is 3. The van der Waals surface area contributed by atoms with Crippen LogP contribution in [0.3, 0.4) is 0 Å². The molecule has 1 amide bonds. The molecule has 2 aromatic rings. The molecule has 1 saturated heterocycles. The first-order valence-electron chi connectivity index (χ1n) is 9.28. The lowest BCUT2D eigenvalue weighted by Gasteiger charge is -2.36. The van der Waals surface area contributed by atoms with Gasteiger partial charge in [-0.2, -0.15) is 0 Å². The number of likely N-dealkylation sites (tertiary alicyclic amines) is 1. The molecule has 1 aliphatic rings. The van der Waals surface area contributed by atoms with Gasteiger partial charge in [-0.3, -0.25) is 4.79 Å². The molecule has 0 radical (unpaired) electrons. The van der Waals surface area contributed by atoms with E-state index in [-0.39, 0.29) is 10.9 Å². The third kappa shape index (κ3) is 5.38. The van der Waals surface area contributed by atoms with Crippen LogP contribution in [0.15, 0.2) is 36.9 Å². The fourth-order valence-electron chi connectivity index (χ4n) is 3.27. The van der Waals surface area contributed by atoms with Gasteiger partial charge in [-0.1, -0.05) is 11.6 Å². The molecule has 1 fully saturated rings. The summed E-state index contributed by atoms with van der Waals surface area (Å²) in [4.78, 5) is 21.8. The van der Waals surface area contributed by atoms with Gasteiger partial charge in [0.1, 0.15) is 17.8 Å². The highest BCUT2D eigenvalue weighted by Gasteiger charge is 2.35. The molecule has 150 valence electrons. The van der Waals surface area contributed by atoms with Gasteiger partial charge >= 0.3 is 0 Å². The van der Waals surface area contributed by atoms with Crippen LogP contribution in [0, 0.1) is 5.82 Å². The quantitative estimate of drug-likeness (QED) is 0.633. The van der Waals surface area contributed by atoms with Crippen LogP contribution in [0.5, 0.6) is 5.75 Å². The van der Waals surface area contributed by atoms with E-state index in [0.717, 1.165) is 6.42 Å². The molecule has 0 unspecified atom stereocenters. The van der Waals surface area contributed by atoms with Crippen LogP contribution in [-0.2, 0) is 0 Å². The molecule has 1 aromatic carbocycles. The van der Waals surface area contributed by atoms with E-state index in [1.54, 1.807) is 17.3 Å². The molecule has 0 bridgehead atoms. The number of alkyl halides is 1. The van der Waals surface area contributed by atoms with Gasteiger partial charge < -0.3 is 9.64 Å². The van der Waals surface area contributed by atoms with Crippen molar-refractivity contribution in [1.29, 1.82) is 0 Å². The number of hydrogen-bond donors (Lipinski definition) is 0. The van der Waals surface area contributed by atoms with Crippen molar-refractivity contribution in [2.24, 2.45) is 0 Å². The minimum atomic E-state index is -1.27. The third-order valence-electron chi connectivity index (χ3n) is 4.94. The van der Waals surface area contributed by atoms with Crippen molar-refractivity contribution in [1.82, 2.24) is 14.9 Å². The molecule has 0 N–H and O–H groups in total. The lowest BCUT2D eigenvalue weighted by Crippen LogP contribution is -2.44. The number of unbranched alkanes of at least 4 members (excludes halogenated alkanes) is 1. The molecule has 28 heavy (non-hydrogen) atoms. The summed E-state index contributed by atoms with van der Waals surface area (Å²) in [5.41, 5.74) is -0.951. The predicted molar refractivity (Wildman–Crippen MR) is 102 cm³/mol. The van der Waals surface area contributed by atoms with E-state index in [1.165, 1.54) is 24.5 Å². The molecule has 1 aromatic heterocycles. The van der Waals surface area contributed by atoms with E-state index in [9.17, 15) is 9.18 Å². The summed E-state index contributed by atoms with van der Waals surface area (Å²) in [7, 11) is 0. The van der Waals surface area contributed by atoms with E-state index in [0.29, 0.717) is 56.7 Å². The number of carbonyl (C=O) groups is 1. The van der Waals surface area contributed by atoms with Gasteiger partial charge in [0.25, 0.3) is 5.91 Å². The summed E-state index contributed by atoms with van der Waals surface area (Å²) >= 11 is 5.74. The zero-order chi connectivity index (χ0) is 20.0. The van der Waals surface area contributed by atoms with Gasteiger partial charge in [0.2, 0.25) is 0 Å². The van der Waals surface area contributed by atoms with Crippen molar-refractivity contribution in [2.75, 3.05) is 19.7 Å². The SMILES string of the molecule is O=C(c1ccc(F)c(Cl)c1)N1CCC(F)(CCCCOc2cncnc2)CC1. The predicted octanol–water partition coefficient (Wildman–Crippen LogP) is 4.46. The summed E-state index contributed by atoms with van der Waals surface area (Å²) in [6, 6.07) is 3.88. The Labute approximate surface area is 167 Å². The number of benzene rings is 1. The van der Waals surface area contributed by atoms with E-state index in [2.05, 4.69) is 9.97 Å². The van der Waals surface area contributed by atoms with Crippen LogP contribution in [0.2, 0.25) is 5.02 Å². The van der Waals surface area contributed by atoms with Crippen molar-refractivity contribution in [2.45, 2.75) is 37.8 Å². The Morgan fingerprint density at radius 1 is 1.21 bits per heavy atom. The second-order valence-electron chi connectivity index (χ2n) is 6.95.